The summed E-state index contributed by atoms with van der Waals surface area (Å²) in [6, 6.07) is 18.5. The highest BCUT2D eigenvalue weighted by molar-refractivity contribution is 9.09. The van der Waals surface area contributed by atoms with E-state index in [-0.39, 0.29) is 5.91 Å². The summed E-state index contributed by atoms with van der Waals surface area (Å²) in [5.41, 5.74) is 3.38. The quantitative estimate of drug-likeness (QED) is 0.776. The molecule has 3 heteroatoms. The SMILES string of the molecule is O=C1CC(CBr)CN1c1ccc(-c2ccccc2)cc1. The summed E-state index contributed by atoms with van der Waals surface area (Å²) in [6.45, 7) is 0.814. The molecule has 1 aliphatic rings. The number of halogens is 1. The van der Waals surface area contributed by atoms with Crippen LogP contribution in [0.1, 0.15) is 6.42 Å². The molecule has 2 aromatic rings. The number of hydrogen-bond donors (Lipinski definition) is 0. The Hall–Kier alpha value is -1.61. The van der Waals surface area contributed by atoms with Crippen molar-refractivity contribution < 1.29 is 4.79 Å². The monoisotopic (exact) mass is 329 g/mol. The third-order valence-corrected chi connectivity index (χ3v) is 4.63. The molecule has 1 amide bonds. The first-order chi connectivity index (χ1) is 9.78. The average molecular weight is 330 g/mol. The second kappa shape index (κ2) is 5.80. The van der Waals surface area contributed by atoms with Gasteiger partial charge in [0.1, 0.15) is 0 Å². The van der Waals surface area contributed by atoms with Gasteiger partial charge in [0.2, 0.25) is 5.91 Å². The first-order valence-corrected chi connectivity index (χ1v) is 7.92. The Kier molecular flexibility index (Phi) is 3.88. The molecule has 1 atom stereocenters. The van der Waals surface area contributed by atoms with Crippen LogP contribution in [0, 0.1) is 5.92 Å². The van der Waals surface area contributed by atoms with Crippen LogP contribution >= 0.6 is 15.9 Å². The minimum Gasteiger partial charge on any atom is -0.312 e. The van der Waals surface area contributed by atoms with Gasteiger partial charge >= 0.3 is 0 Å². The molecule has 1 aliphatic heterocycles. The number of amides is 1. The molecular weight excluding hydrogens is 314 g/mol. The Bertz CT molecular complexity index is 594. The molecule has 0 saturated carbocycles. The lowest BCUT2D eigenvalue weighted by atomic mass is 10.1. The third-order valence-electron chi connectivity index (χ3n) is 3.71. The van der Waals surface area contributed by atoms with Crippen LogP contribution in [-0.4, -0.2) is 17.8 Å². The third kappa shape index (κ3) is 2.63. The first-order valence-electron chi connectivity index (χ1n) is 6.80. The molecule has 1 fully saturated rings. The molecule has 102 valence electrons. The fraction of sp³-hybridized carbons (Fsp3) is 0.235. The largest absolute Gasteiger partial charge is 0.312 e. The predicted molar refractivity (Wildman–Crippen MR) is 86.1 cm³/mol. The summed E-state index contributed by atoms with van der Waals surface area (Å²) < 4.78 is 0. The lowest BCUT2D eigenvalue weighted by Gasteiger charge is -2.17. The van der Waals surface area contributed by atoms with Gasteiger partial charge in [0.05, 0.1) is 0 Å². The Morgan fingerprint density at radius 2 is 1.65 bits per heavy atom. The van der Waals surface area contributed by atoms with Crippen LogP contribution in [0.15, 0.2) is 54.6 Å². The molecule has 1 unspecified atom stereocenters. The average Bonchev–Trinajstić information content (AvgIpc) is 2.89. The van der Waals surface area contributed by atoms with Crippen molar-refractivity contribution >= 4 is 27.5 Å². The van der Waals surface area contributed by atoms with Gasteiger partial charge < -0.3 is 4.90 Å². The number of rotatable bonds is 3. The summed E-state index contributed by atoms with van der Waals surface area (Å²) in [5.74, 6) is 0.651. The summed E-state index contributed by atoms with van der Waals surface area (Å²) in [5, 5.41) is 0.886. The van der Waals surface area contributed by atoms with Crippen LogP contribution < -0.4 is 4.90 Å². The number of carbonyl (C=O) groups excluding carboxylic acids is 1. The van der Waals surface area contributed by atoms with Crippen LogP contribution in [0.4, 0.5) is 5.69 Å². The minimum absolute atomic E-state index is 0.224. The van der Waals surface area contributed by atoms with Crippen LogP contribution in [0.5, 0.6) is 0 Å². The molecule has 0 spiro atoms. The summed E-state index contributed by atoms with van der Waals surface area (Å²) in [4.78, 5) is 13.9. The first kappa shape index (κ1) is 13.4. The van der Waals surface area contributed by atoms with E-state index in [1.807, 2.05) is 35.2 Å². The van der Waals surface area contributed by atoms with Crippen LogP contribution in [0.2, 0.25) is 0 Å². The van der Waals surface area contributed by atoms with Crippen molar-refractivity contribution in [3.8, 4) is 11.1 Å². The number of nitrogens with zero attached hydrogens (tertiary/aromatic N) is 1. The highest BCUT2D eigenvalue weighted by Crippen LogP contribution is 2.28. The minimum atomic E-state index is 0.224. The lowest BCUT2D eigenvalue weighted by molar-refractivity contribution is -0.117. The van der Waals surface area contributed by atoms with Gasteiger partial charge in [0.15, 0.2) is 0 Å². The second-order valence-corrected chi connectivity index (χ2v) is 5.79. The molecule has 20 heavy (non-hydrogen) atoms. The fourth-order valence-electron chi connectivity index (χ4n) is 2.60. The molecule has 2 nitrogen and oxygen atoms in total. The van der Waals surface area contributed by atoms with Crippen molar-refractivity contribution in [2.75, 3.05) is 16.8 Å². The van der Waals surface area contributed by atoms with E-state index in [4.69, 9.17) is 0 Å². The van der Waals surface area contributed by atoms with Gasteiger partial charge in [0.25, 0.3) is 0 Å². The van der Waals surface area contributed by atoms with Gasteiger partial charge in [-0.3, -0.25) is 4.79 Å². The standard InChI is InChI=1S/C17H16BrNO/c18-11-13-10-17(20)19(12-13)16-8-6-15(7-9-16)14-4-2-1-3-5-14/h1-9,13H,10-12H2. The van der Waals surface area contributed by atoms with Crippen molar-refractivity contribution in [2.24, 2.45) is 5.92 Å². The Morgan fingerprint density at radius 1 is 1.00 bits per heavy atom. The van der Waals surface area contributed by atoms with Gasteiger partial charge in [-0.1, -0.05) is 58.4 Å². The van der Waals surface area contributed by atoms with E-state index in [1.54, 1.807) is 0 Å². The smallest absolute Gasteiger partial charge is 0.227 e. The molecule has 0 aliphatic carbocycles. The summed E-state index contributed by atoms with van der Waals surface area (Å²) in [7, 11) is 0. The van der Waals surface area contributed by atoms with E-state index in [1.165, 1.54) is 11.1 Å². The molecule has 0 aromatic heterocycles. The van der Waals surface area contributed by atoms with Crippen molar-refractivity contribution in [1.82, 2.24) is 0 Å². The van der Waals surface area contributed by atoms with Crippen molar-refractivity contribution in [3.63, 3.8) is 0 Å². The van der Waals surface area contributed by atoms with Crippen LogP contribution in [0.25, 0.3) is 11.1 Å². The number of anilines is 1. The van der Waals surface area contributed by atoms with E-state index >= 15 is 0 Å². The van der Waals surface area contributed by atoms with E-state index in [0.717, 1.165) is 17.6 Å². The normalized spacial score (nSPS) is 18.6. The zero-order valence-electron chi connectivity index (χ0n) is 11.1. The fourth-order valence-corrected chi connectivity index (χ4v) is 3.03. The van der Waals surface area contributed by atoms with Gasteiger partial charge in [-0.2, -0.15) is 0 Å². The van der Waals surface area contributed by atoms with E-state index in [9.17, 15) is 4.79 Å². The Labute approximate surface area is 127 Å². The lowest BCUT2D eigenvalue weighted by Crippen LogP contribution is -2.24. The molecule has 3 rings (SSSR count). The molecule has 1 saturated heterocycles. The van der Waals surface area contributed by atoms with Gasteiger partial charge in [-0.15, -0.1) is 0 Å². The van der Waals surface area contributed by atoms with Gasteiger partial charge in [-0.05, 0) is 29.2 Å². The number of hydrogen-bond acceptors (Lipinski definition) is 1. The predicted octanol–water partition coefficient (Wildman–Crippen LogP) is 4.10. The Balaban J connectivity index is 1.82. The second-order valence-electron chi connectivity index (χ2n) is 5.14. The van der Waals surface area contributed by atoms with E-state index in [0.29, 0.717) is 12.3 Å². The van der Waals surface area contributed by atoms with Crippen molar-refractivity contribution in [3.05, 3.63) is 54.6 Å². The number of carbonyl (C=O) groups is 1. The molecule has 0 bridgehead atoms. The van der Waals surface area contributed by atoms with Crippen LogP contribution in [-0.2, 0) is 4.79 Å². The van der Waals surface area contributed by atoms with Gasteiger partial charge in [-0.25, -0.2) is 0 Å². The van der Waals surface area contributed by atoms with Gasteiger partial charge in [0, 0.05) is 24.0 Å². The van der Waals surface area contributed by atoms with Crippen LogP contribution in [0.3, 0.4) is 0 Å². The van der Waals surface area contributed by atoms with Crippen molar-refractivity contribution in [2.45, 2.75) is 6.42 Å². The summed E-state index contributed by atoms with van der Waals surface area (Å²) >= 11 is 3.47. The van der Waals surface area contributed by atoms with Crippen molar-refractivity contribution in [1.29, 1.82) is 0 Å². The maximum Gasteiger partial charge on any atom is 0.227 e. The Morgan fingerprint density at radius 3 is 2.25 bits per heavy atom. The highest BCUT2D eigenvalue weighted by atomic mass is 79.9. The molecule has 1 heterocycles. The molecule has 0 radical (unpaired) electrons. The number of benzene rings is 2. The van der Waals surface area contributed by atoms with E-state index < -0.39 is 0 Å². The molecular formula is C17H16BrNO. The maximum atomic E-state index is 12.0. The number of alkyl halides is 1. The topological polar surface area (TPSA) is 20.3 Å². The van der Waals surface area contributed by atoms with E-state index in [2.05, 4.69) is 40.2 Å². The maximum absolute atomic E-state index is 12.0. The summed E-state index contributed by atoms with van der Waals surface area (Å²) in [6.07, 6.45) is 0.645. The molecule has 2 aromatic carbocycles. The zero-order valence-corrected chi connectivity index (χ0v) is 12.7. The molecule has 0 N–H and O–H groups in total. The zero-order chi connectivity index (χ0) is 13.9. The highest BCUT2D eigenvalue weighted by Gasteiger charge is 2.29.